The standard InChI is InChI=1S/C17H22BrN3O3/c18-13-2-4-14(5-3-13)21-16(22)12-15(17(21)23)19-6-1-7-20-8-10-24-11-9-20/h2-5,15,19H,1,6-12H2/t15-/m1/s1. The van der Waals surface area contributed by atoms with Gasteiger partial charge in [-0.15, -0.1) is 0 Å². The molecule has 1 aromatic carbocycles. The number of hydrogen-bond donors (Lipinski definition) is 1. The highest BCUT2D eigenvalue weighted by atomic mass is 79.9. The summed E-state index contributed by atoms with van der Waals surface area (Å²) in [4.78, 5) is 28.3. The van der Waals surface area contributed by atoms with Gasteiger partial charge in [-0.25, -0.2) is 4.90 Å². The molecule has 24 heavy (non-hydrogen) atoms. The first-order valence-corrected chi connectivity index (χ1v) is 9.10. The molecular weight excluding hydrogens is 374 g/mol. The van der Waals surface area contributed by atoms with Gasteiger partial charge in [0.15, 0.2) is 0 Å². The van der Waals surface area contributed by atoms with E-state index in [0.29, 0.717) is 5.69 Å². The van der Waals surface area contributed by atoms with Crippen molar-refractivity contribution in [1.29, 1.82) is 0 Å². The van der Waals surface area contributed by atoms with Crippen LogP contribution in [0.3, 0.4) is 0 Å². The smallest absolute Gasteiger partial charge is 0.251 e. The van der Waals surface area contributed by atoms with Gasteiger partial charge in [-0.1, -0.05) is 15.9 Å². The minimum absolute atomic E-state index is 0.145. The number of morpholine rings is 1. The van der Waals surface area contributed by atoms with Gasteiger partial charge in [0.25, 0.3) is 5.91 Å². The van der Waals surface area contributed by atoms with Crippen LogP contribution in [0.5, 0.6) is 0 Å². The summed E-state index contributed by atoms with van der Waals surface area (Å²) in [5.74, 6) is -0.304. The summed E-state index contributed by atoms with van der Waals surface area (Å²) in [6.45, 7) is 5.25. The molecule has 0 aromatic heterocycles. The highest BCUT2D eigenvalue weighted by Crippen LogP contribution is 2.24. The van der Waals surface area contributed by atoms with Crippen molar-refractivity contribution in [2.75, 3.05) is 44.3 Å². The number of carbonyl (C=O) groups is 2. The molecule has 2 amide bonds. The minimum Gasteiger partial charge on any atom is -0.379 e. The number of nitrogens with one attached hydrogen (secondary N) is 1. The molecule has 1 aromatic rings. The second-order valence-corrected chi connectivity index (χ2v) is 6.98. The number of nitrogens with zero attached hydrogens (tertiary/aromatic N) is 2. The van der Waals surface area contributed by atoms with Gasteiger partial charge in [0.1, 0.15) is 0 Å². The number of carbonyl (C=O) groups excluding carboxylic acids is 2. The van der Waals surface area contributed by atoms with E-state index in [4.69, 9.17) is 4.74 Å². The third-order valence-corrected chi connectivity index (χ3v) is 4.91. The number of rotatable bonds is 6. The number of imide groups is 1. The van der Waals surface area contributed by atoms with E-state index in [-0.39, 0.29) is 18.2 Å². The van der Waals surface area contributed by atoms with Crippen LogP contribution in [0.4, 0.5) is 5.69 Å². The van der Waals surface area contributed by atoms with Crippen molar-refractivity contribution in [2.45, 2.75) is 18.9 Å². The second-order valence-electron chi connectivity index (χ2n) is 6.06. The van der Waals surface area contributed by atoms with Crippen LogP contribution in [0.2, 0.25) is 0 Å². The van der Waals surface area contributed by atoms with Crippen LogP contribution in [-0.4, -0.2) is 62.1 Å². The summed E-state index contributed by atoms with van der Waals surface area (Å²) in [6.07, 6.45) is 1.18. The van der Waals surface area contributed by atoms with E-state index in [9.17, 15) is 9.59 Å². The van der Waals surface area contributed by atoms with Crippen LogP contribution in [-0.2, 0) is 14.3 Å². The van der Waals surface area contributed by atoms with E-state index in [2.05, 4.69) is 26.1 Å². The Morgan fingerprint density at radius 2 is 1.88 bits per heavy atom. The lowest BCUT2D eigenvalue weighted by atomic mass is 10.2. The number of amides is 2. The maximum Gasteiger partial charge on any atom is 0.251 e. The average Bonchev–Trinajstić information content (AvgIpc) is 2.88. The van der Waals surface area contributed by atoms with Gasteiger partial charge in [0, 0.05) is 17.6 Å². The third kappa shape index (κ3) is 4.22. The Kier molecular flexibility index (Phi) is 5.99. The summed E-state index contributed by atoms with van der Waals surface area (Å²) < 4.78 is 6.25. The van der Waals surface area contributed by atoms with Crippen molar-refractivity contribution in [3.8, 4) is 0 Å². The van der Waals surface area contributed by atoms with Crippen molar-refractivity contribution >= 4 is 33.4 Å². The Morgan fingerprint density at radius 1 is 1.17 bits per heavy atom. The molecular formula is C17H22BrN3O3. The molecule has 0 radical (unpaired) electrons. The van der Waals surface area contributed by atoms with Crippen molar-refractivity contribution in [3.05, 3.63) is 28.7 Å². The Bertz CT molecular complexity index is 587. The summed E-state index contributed by atoms with van der Waals surface area (Å²) in [5.41, 5.74) is 0.630. The number of anilines is 1. The predicted molar refractivity (Wildman–Crippen MR) is 94.9 cm³/mol. The van der Waals surface area contributed by atoms with E-state index < -0.39 is 6.04 Å². The zero-order valence-electron chi connectivity index (χ0n) is 13.5. The number of halogens is 1. The average molecular weight is 396 g/mol. The highest BCUT2D eigenvalue weighted by Gasteiger charge is 2.39. The largest absolute Gasteiger partial charge is 0.379 e. The predicted octanol–water partition coefficient (Wildman–Crippen LogP) is 1.39. The van der Waals surface area contributed by atoms with E-state index in [1.807, 2.05) is 12.1 Å². The molecule has 2 saturated heterocycles. The Morgan fingerprint density at radius 3 is 2.58 bits per heavy atom. The van der Waals surface area contributed by atoms with Crippen molar-refractivity contribution in [3.63, 3.8) is 0 Å². The Labute approximate surface area is 150 Å². The first kappa shape index (κ1) is 17.5. The molecule has 0 aliphatic carbocycles. The number of benzene rings is 1. The zero-order valence-corrected chi connectivity index (χ0v) is 15.1. The van der Waals surface area contributed by atoms with Crippen LogP contribution < -0.4 is 10.2 Å². The third-order valence-electron chi connectivity index (χ3n) is 4.38. The van der Waals surface area contributed by atoms with Gasteiger partial charge in [0.05, 0.1) is 31.4 Å². The van der Waals surface area contributed by atoms with Gasteiger partial charge in [-0.3, -0.25) is 14.5 Å². The molecule has 0 bridgehead atoms. The normalized spacial score (nSPS) is 22.4. The molecule has 3 rings (SSSR count). The quantitative estimate of drug-likeness (QED) is 0.582. The van der Waals surface area contributed by atoms with Crippen molar-refractivity contribution < 1.29 is 14.3 Å². The number of ether oxygens (including phenoxy) is 1. The fourth-order valence-corrected chi connectivity index (χ4v) is 3.32. The molecule has 7 heteroatoms. The van der Waals surface area contributed by atoms with Gasteiger partial charge in [-0.2, -0.15) is 0 Å². The first-order valence-electron chi connectivity index (χ1n) is 8.31. The SMILES string of the molecule is O=C1C[C@@H](NCCCN2CCOCC2)C(=O)N1c1ccc(Br)cc1. The fourth-order valence-electron chi connectivity index (χ4n) is 3.06. The minimum atomic E-state index is -0.411. The van der Waals surface area contributed by atoms with Gasteiger partial charge < -0.3 is 10.1 Å². The van der Waals surface area contributed by atoms with Gasteiger partial charge in [0.2, 0.25) is 5.91 Å². The van der Waals surface area contributed by atoms with Crippen LogP contribution in [0.15, 0.2) is 28.7 Å². The molecule has 2 aliphatic rings. The summed E-state index contributed by atoms with van der Waals surface area (Å²) in [7, 11) is 0. The van der Waals surface area contributed by atoms with E-state index in [0.717, 1.165) is 50.3 Å². The van der Waals surface area contributed by atoms with Crippen LogP contribution >= 0.6 is 15.9 Å². The van der Waals surface area contributed by atoms with E-state index >= 15 is 0 Å². The maximum absolute atomic E-state index is 12.5. The fraction of sp³-hybridized carbons (Fsp3) is 0.529. The van der Waals surface area contributed by atoms with Gasteiger partial charge in [-0.05, 0) is 43.8 Å². The molecule has 1 N–H and O–H groups in total. The first-order chi connectivity index (χ1) is 11.6. The molecule has 1 atom stereocenters. The highest BCUT2D eigenvalue weighted by molar-refractivity contribution is 9.10. The Hall–Kier alpha value is -1.28. The van der Waals surface area contributed by atoms with Crippen LogP contribution in [0.25, 0.3) is 0 Å². The van der Waals surface area contributed by atoms with E-state index in [1.165, 1.54) is 4.90 Å². The molecule has 0 saturated carbocycles. The van der Waals surface area contributed by atoms with Gasteiger partial charge >= 0.3 is 0 Å². The van der Waals surface area contributed by atoms with Crippen LogP contribution in [0, 0.1) is 0 Å². The number of hydrogen-bond acceptors (Lipinski definition) is 5. The topological polar surface area (TPSA) is 61.9 Å². The monoisotopic (exact) mass is 395 g/mol. The van der Waals surface area contributed by atoms with Crippen LogP contribution in [0.1, 0.15) is 12.8 Å². The molecule has 0 unspecified atom stereocenters. The lowest BCUT2D eigenvalue weighted by Gasteiger charge is -2.26. The molecule has 0 spiro atoms. The molecule has 2 aliphatic heterocycles. The summed E-state index contributed by atoms with van der Waals surface area (Å²) in [6, 6.07) is 6.81. The maximum atomic E-state index is 12.5. The molecule has 2 fully saturated rings. The molecule has 130 valence electrons. The second kappa shape index (κ2) is 8.20. The Balaban J connectivity index is 1.48. The molecule has 2 heterocycles. The lowest BCUT2D eigenvalue weighted by molar-refractivity contribution is -0.121. The molecule has 6 nitrogen and oxygen atoms in total. The lowest BCUT2D eigenvalue weighted by Crippen LogP contribution is -2.41. The summed E-state index contributed by atoms with van der Waals surface area (Å²) >= 11 is 3.36. The zero-order chi connectivity index (χ0) is 16.9. The van der Waals surface area contributed by atoms with Crippen molar-refractivity contribution in [1.82, 2.24) is 10.2 Å². The van der Waals surface area contributed by atoms with E-state index in [1.54, 1.807) is 12.1 Å². The summed E-state index contributed by atoms with van der Waals surface area (Å²) in [5, 5.41) is 3.23. The van der Waals surface area contributed by atoms with Crippen molar-refractivity contribution in [2.24, 2.45) is 0 Å².